The van der Waals surface area contributed by atoms with Crippen LogP contribution in [0.4, 0.5) is 0 Å². The molecule has 0 saturated carbocycles. The van der Waals surface area contributed by atoms with Crippen molar-refractivity contribution < 1.29 is 14.7 Å². The zero-order chi connectivity index (χ0) is 4.50. The maximum atomic E-state index is 7.77. The summed E-state index contributed by atoms with van der Waals surface area (Å²) in [5, 5.41) is 0. The molecular formula is CH8NaO3P. The number of rotatable bonds is 0. The molecule has 0 spiro atoms. The van der Waals surface area contributed by atoms with Crippen molar-refractivity contribution in [2.75, 3.05) is 6.66 Å². The summed E-state index contributed by atoms with van der Waals surface area (Å²) in [7, 11) is -3.61. The molecule has 0 saturated heterocycles. The molecule has 0 aliphatic rings. The van der Waals surface area contributed by atoms with Gasteiger partial charge in [-0.15, -0.1) is 0 Å². The monoisotopic (exact) mass is 122 g/mol. The van der Waals surface area contributed by atoms with Crippen LogP contribution in [0.1, 0.15) is 0 Å². The van der Waals surface area contributed by atoms with Gasteiger partial charge in [0.25, 0.3) is 0 Å². The van der Waals surface area contributed by atoms with E-state index < -0.39 is 7.94 Å². The summed E-state index contributed by atoms with van der Waals surface area (Å²) in [6, 6.07) is 0. The van der Waals surface area contributed by atoms with Crippen LogP contribution < -0.4 is 0 Å². The molecule has 0 aromatic heterocycles. The van der Waals surface area contributed by atoms with Gasteiger partial charge in [0.15, 0.2) is 0 Å². The second-order valence-corrected chi connectivity index (χ2v) is 2.91. The summed E-state index contributed by atoms with van der Waals surface area (Å²) >= 11 is 0. The second kappa shape index (κ2) is 3.33. The minimum atomic E-state index is -3.61. The third kappa shape index (κ3) is 57.5. The molecule has 0 heterocycles. The normalized spacial score (nSPS) is 12.7. The van der Waals surface area contributed by atoms with Crippen LogP contribution in [0.5, 0.6) is 0 Å². The Balaban J connectivity index is 0. The van der Waals surface area contributed by atoms with Crippen molar-refractivity contribution in [3.05, 3.63) is 0 Å². The van der Waals surface area contributed by atoms with Gasteiger partial charge in [0, 0.05) is 0 Å². The van der Waals surface area contributed by atoms with Crippen molar-refractivity contribution in [2.24, 2.45) is 0 Å². The summed E-state index contributed by atoms with van der Waals surface area (Å²) < 4.78 is 0. The predicted molar refractivity (Wildman–Crippen MR) is 28.0 cm³/mol. The molecule has 0 rings (SSSR count). The van der Waals surface area contributed by atoms with Crippen molar-refractivity contribution in [3.63, 3.8) is 0 Å². The van der Waals surface area contributed by atoms with Gasteiger partial charge in [-0.1, -0.05) is 0 Å². The molecule has 6 heavy (non-hydrogen) atoms. The molecule has 0 amide bonds. The van der Waals surface area contributed by atoms with E-state index in [0.29, 0.717) is 0 Å². The Kier molecular flexibility index (Phi) is 5.73. The van der Waals surface area contributed by atoms with E-state index >= 15 is 0 Å². The molecule has 0 radical (unpaired) electrons. The molecular weight excluding hydrogens is 114 g/mol. The van der Waals surface area contributed by atoms with Crippen molar-refractivity contribution in [2.45, 2.75) is 0 Å². The average molecular weight is 122 g/mol. The Morgan fingerprint density at radius 1 is 1.17 bits per heavy atom. The molecule has 5 heteroatoms. The number of hydrogen-bond acceptors (Lipinski definition) is 3. The summed E-state index contributed by atoms with van der Waals surface area (Å²) in [5.41, 5.74) is 0. The maximum absolute atomic E-state index is 7.77. The Hall–Kier alpha value is 1.31. The van der Waals surface area contributed by atoms with Crippen LogP contribution in [-0.4, -0.2) is 50.9 Å². The Morgan fingerprint density at radius 2 is 1.17 bits per heavy atom. The topological polar surface area (TPSA) is 60.7 Å². The first-order chi connectivity index (χ1) is 2.00. The van der Waals surface area contributed by atoms with Gasteiger partial charge < -0.3 is 0 Å². The number of hydrogen-bond donors (Lipinski definition) is 3. The Morgan fingerprint density at radius 3 is 1.17 bits per heavy atom. The molecule has 0 aliphatic carbocycles. The Labute approximate surface area is 58.9 Å². The van der Waals surface area contributed by atoms with Crippen LogP contribution in [0.25, 0.3) is 0 Å². The van der Waals surface area contributed by atoms with Crippen molar-refractivity contribution >= 4 is 37.5 Å². The molecule has 0 aromatic rings. The fraction of sp³-hybridized carbons (Fsp3) is 1.00. The van der Waals surface area contributed by atoms with Gasteiger partial charge in [0.1, 0.15) is 0 Å². The fourth-order valence-corrected chi connectivity index (χ4v) is 0. The van der Waals surface area contributed by atoms with Crippen LogP contribution >= 0.6 is 7.94 Å². The molecule has 0 bridgehead atoms. The summed E-state index contributed by atoms with van der Waals surface area (Å²) in [6.07, 6.45) is 0. The van der Waals surface area contributed by atoms with Gasteiger partial charge in [-0.3, -0.25) is 0 Å². The van der Waals surface area contributed by atoms with Crippen LogP contribution in [-0.2, 0) is 0 Å². The van der Waals surface area contributed by atoms with E-state index in [-0.39, 0.29) is 29.6 Å². The zero-order valence-electron chi connectivity index (χ0n) is 2.84. The van der Waals surface area contributed by atoms with E-state index in [0.717, 1.165) is 6.66 Å². The summed E-state index contributed by atoms with van der Waals surface area (Å²) in [4.78, 5) is 23.3. The van der Waals surface area contributed by atoms with Crippen molar-refractivity contribution in [3.8, 4) is 0 Å². The molecule has 3 N–H and O–H groups in total. The third-order valence-electron chi connectivity index (χ3n) is 0. The minimum absolute atomic E-state index is 0. The first kappa shape index (κ1) is 10.3. The third-order valence-corrected chi connectivity index (χ3v) is 0. The van der Waals surface area contributed by atoms with E-state index in [1.54, 1.807) is 0 Å². The van der Waals surface area contributed by atoms with Crippen LogP contribution in [0.3, 0.4) is 0 Å². The van der Waals surface area contributed by atoms with E-state index in [2.05, 4.69) is 0 Å². The molecule has 0 unspecified atom stereocenters. The van der Waals surface area contributed by atoms with Gasteiger partial charge in [0.05, 0.1) is 0 Å². The van der Waals surface area contributed by atoms with Crippen molar-refractivity contribution in [1.29, 1.82) is 0 Å². The summed E-state index contributed by atoms with van der Waals surface area (Å²) in [6.45, 7) is 0.993. The van der Waals surface area contributed by atoms with Crippen molar-refractivity contribution in [1.82, 2.24) is 0 Å². The molecule has 0 fully saturated rings. The van der Waals surface area contributed by atoms with Crippen LogP contribution in [0.2, 0.25) is 0 Å². The summed E-state index contributed by atoms with van der Waals surface area (Å²) in [5.74, 6) is 0. The van der Waals surface area contributed by atoms with E-state index in [4.69, 9.17) is 14.7 Å². The van der Waals surface area contributed by atoms with Gasteiger partial charge in [0.2, 0.25) is 0 Å². The quantitative estimate of drug-likeness (QED) is 0.269. The van der Waals surface area contributed by atoms with Crippen LogP contribution in [0.15, 0.2) is 0 Å². The predicted octanol–water partition coefficient (Wildman–Crippen LogP) is -1.56. The fourth-order valence-electron chi connectivity index (χ4n) is 0. The average Bonchev–Trinajstić information content (AvgIpc) is 0.722. The van der Waals surface area contributed by atoms with E-state index in [1.165, 1.54) is 0 Å². The molecule has 0 aliphatic heterocycles. The molecule has 3 nitrogen and oxygen atoms in total. The molecule has 36 valence electrons. The van der Waals surface area contributed by atoms with Gasteiger partial charge in [-0.05, 0) is 0 Å². The van der Waals surface area contributed by atoms with Gasteiger partial charge in [-0.2, -0.15) is 0 Å². The van der Waals surface area contributed by atoms with E-state index in [1.807, 2.05) is 0 Å². The zero-order valence-corrected chi connectivity index (χ0v) is 3.84. The molecule has 0 atom stereocenters. The second-order valence-electron chi connectivity index (χ2n) is 0.971. The first-order valence-corrected chi connectivity index (χ1v) is 3.51. The van der Waals surface area contributed by atoms with Gasteiger partial charge >= 0.3 is 58.8 Å². The van der Waals surface area contributed by atoms with Gasteiger partial charge in [-0.25, -0.2) is 0 Å². The standard InChI is InChI=1S/CH7O3P.Na.H/c1-5(2,3)4;;/h2-5H,1H3;;. The molecule has 0 aromatic carbocycles. The Bertz CT molecular complexity index is 26.3. The van der Waals surface area contributed by atoms with Crippen LogP contribution in [0, 0.1) is 0 Å². The first-order valence-electron chi connectivity index (χ1n) is 1.17. The van der Waals surface area contributed by atoms with E-state index in [9.17, 15) is 0 Å². The SMILES string of the molecule is C[PH](O)(O)O.[NaH].